The van der Waals surface area contributed by atoms with E-state index >= 15 is 0 Å². The maximum atomic E-state index is 5.66. The van der Waals surface area contributed by atoms with E-state index in [0.29, 0.717) is 6.10 Å². The van der Waals surface area contributed by atoms with Gasteiger partial charge in [0, 0.05) is 38.3 Å². The van der Waals surface area contributed by atoms with Gasteiger partial charge in [0.1, 0.15) is 0 Å². The number of ether oxygens (including phenoxy) is 1. The summed E-state index contributed by atoms with van der Waals surface area (Å²) in [6.07, 6.45) is 4.46. The van der Waals surface area contributed by atoms with Gasteiger partial charge in [-0.15, -0.1) is 0 Å². The molecular formula is C10H18N2O. The molecule has 0 aliphatic carbocycles. The Morgan fingerprint density at radius 2 is 2.46 bits per heavy atom. The van der Waals surface area contributed by atoms with Crippen molar-refractivity contribution in [1.82, 2.24) is 10.2 Å². The molecule has 0 radical (unpaired) electrons. The summed E-state index contributed by atoms with van der Waals surface area (Å²) in [5.74, 6) is 0. The number of piperazine rings is 1. The van der Waals surface area contributed by atoms with Crippen molar-refractivity contribution in [3.8, 4) is 0 Å². The van der Waals surface area contributed by atoms with E-state index in [-0.39, 0.29) is 0 Å². The van der Waals surface area contributed by atoms with E-state index in [1.165, 1.54) is 38.9 Å². The largest absolute Gasteiger partial charge is 0.377 e. The first kappa shape index (κ1) is 8.21. The zero-order chi connectivity index (χ0) is 8.67. The van der Waals surface area contributed by atoms with Crippen LogP contribution in [0, 0.1) is 0 Å². The van der Waals surface area contributed by atoms with Gasteiger partial charge in [-0.2, -0.15) is 0 Å². The second kappa shape index (κ2) is 3.23. The molecule has 3 saturated heterocycles. The Morgan fingerprint density at radius 1 is 1.46 bits per heavy atom. The van der Waals surface area contributed by atoms with E-state index in [9.17, 15) is 0 Å². The van der Waals surface area contributed by atoms with Gasteiger partial charge in [0.05, 0.1) is 6.10 Å². The standard InChI is InChI=1S/C10H18N2O/c1-2-10(13-3-1)7-12-6-8-4-9(12)5-11-8/h8-11H,1-7H2. The van der Waals surface area contributed by atoms with Crippen molar-refractivity contribution in [2.45, 2.75) is 37.5 Å². The van der Waals surface area contributed by atoms with Crippen LogP contribution >= 0.6 is 0 Å². The van der Waals surface area contributed by atoms with E-state index < -0.39 is 0 Å². The topological polar surface area (TPSA) is 24.5 Å². The van der Waals surface area contributed by atoms with E-state index in [4.69, 9.17) is 4.74 Å². The number of likely N-dealkylation sites (tertiary alicyclic amines) is 1. The van der Waals surface area contributed by atoms with Gasteiger partial charge < -0.3 is 10.1 Å². The Bertz CT molecular complexity index is 191. The van der Waals surface area contributed by atoms with E-state index in [0.717, 1.165) is 18.7 Å². The Morgan fingerprint density at radius 3 is 3.08 bits per heavy atom. The highest BCUT2D eigenvalue weighted by Crippen LogP contribution is 2.25. The Kier molecular flexibility index (Phi) is 2.04. The first-order chi connectivity index (χ1) is 6.42. The predicted octanol–water partition coefficient (Wildman–Crippen LogP) is 0.211. The Hall–Kier alpha value is -0.120. The summed E-state index contributed by atoms with van der Waals surface area (Å²) in [6.45, 7) is 4.63. The van der Waals surface area contributed by atoms with Crippen LogP contribution in [0.25, 0.3) is 0 Å². The van der Waals surface area contributed by atoms with Crippen LogP contribution in [0.4, 0.5) is 0 Å². The molecule has 2 bridgehead atoms. The molecule has 0 amide bonds. The molecule has 3 heterocycles. The van der Waals surface area contributed by atoms with Crippen molar-refractivity contribution < 1.29 is 4.74 Å². The smallest absolute Gasteiger partial charge is 0.0702 e. The van der Waals surface area contributed by atoms with Gasteiger partial charge in [-0.25, -0.2) is 0 Å². The van der Waals surface area contributed by atoms with Crippen LogP contribution < -0.4 is 5.32 Å². The second-order valence-electron chi connectivity index (χ2n) is 4.58. The summed E-state index contributed by atoms with van der Waals surface area (Å²) < 4.78 is 5.66. The summed E-state index contributed by atoms with van der Waals surface area (Å²) in [7, 11) is 0. The zero-order valence-electron chi connectivity index (χ0n) is 8.04. The summed E-state index contributed by atoms with van der Waals surface area (Å²) in [4.78, 5) is 2.62. The number of fused-ring (bicyclic) bond motifs is 2. The number of hydrogen-bond donors (Lipinski definition) is 1. The molecule has 13 heavy (non-hydrogen) atoms. The summed E-state index contributed by atoms with van der Waals surface area (Å²) in [5, 5.41) is 3.53. The molecule has 0 spiro atoms. The molecule has 3 heteroatoms. The number of rotatable bonds is 2. The van der Waals surface area contributed by atoms with Gasteiger partial charge in [-0.3, -0.25) is 4.90 Å². The molecule has 1 N–H and O–H groups in total. The maximum Gasteiger partial charge on any atom is 0.0702 e. The minimum atomic E-state index is 0.541. The molecule has 3 unspecified atom stereocenters. The molecule has 3 aliphatic rings. The third-order valence-corrected chi connectivity index (χ3v) is 3.63. The van der Waals surface area contributed by atoms with Crippen molar-refractivity contribution >= 4 is 0 Å². The average Bonchev–Trinajstić information content (AvgIpc) is 2.77. The van der Waals surface area contributed by atoms with Crippen molar-refractivity contribution in [2.75, 3.05) is 26.2 Å². The predicted molar refractivity (Wildman–Crippen MR) is 50.7 cm³/mol. The van der Waals surface area contributed by atoms with Gasteiger partial charge in [-0.1, -0.05) is 0 Å². The molecule has 0 saturated carbocycles. The Balaban J connectivity index is 1.55. The van der Waals surface area contributed by atoms with Gasteiger partial charge >= 0.3 is 0 Å². The number of hydrogen-bond acceptors (Lipinski definition) is 3. The van der Waals surface area contributed by atoms with Crippen LogP contribution in [0.5, 0.6) is 0 Å². The molecule has 0 aromatic rings. The molecule has 3 rings (SSSR count). The first-order valence-corrected chi connectivity index (χ1v) is 5.51. The highest BCUT2D eigenvalue weighted by molar-refractivity contribution is 4.98. The normalized spacial score (nSPS) is 44.8. The third kappa shape index (κ3) is 1.49. The van der Waals surface area contributed by atoms with Crippen LogP contribution in [-0.2, 0) is 4.74 Å². The summed E-state index contributed by atoms with van der Waals surface area (Å²) in [5.41, 5.74) is 0. The molecule has 74 valence electrons. The summed E-state index contributed by atoms with van der Waals surface area (Å²) in [6, 6.07) is 1.60. The monoisotopic (exact) mass is 182 g/mol. The molecule has 3 aliphatic heterocycles. The maximum absolute atomic E-state index is 5.66. The molecule has 3 atom stereocenters. The van der Waals surface area contributed by atoms with Gasteiger partial charge in [0.25, 0.3) is 0 Å². The Labute approximate surface area is 79.4 Å². The lowest BCUT2D eigenvalue weighted by molar-refractivity contribution is 0.0649. The summed E-state index contributed by atoms with van der Waals surface area (Å²) >= 11 is 0. The van der Waals surface area contributed by atoms with E-state index in [1.807, 2.05) is 0 Å². The van der Waals surface area contributed by atoms with Crippen molar-refractivity contribution in [3.05, 3.63) is 0 Å². The minimum absolute atomic E-state index is 0.541. The fraction of sp³-hybridized carbons (Fsp3) is 1.00. The fourth-order valence-corrected chi connectivity index (χ4v) is 2.92. The molecule has 3 fully saturated rings. The lowest BCUT2D eigenvalue weighted by Crippen LogP contribution is -2.46. The zero-order valence-corrected chi connectivity index (χ0v) is 8.04. The molecule has 0 aromatic carbocycles. The number of nitrogens with zero attached hydrogens (tertiary/aromatic N) is 1. The lowest BCUT2D eigenvalue weighted by atomic mass is 10.2. The van der Waals surface area contributed by atoms with Gasteiger partial charge in [0.2, 0.25) is 0 Å². The second-order valence-corrected chi connectivity index (χ2v) is 4.58. The highest BCUT2D eigenvalue weighted by atomic mass is 16.5. The van der Waals surface area contributed by atoms with Crippen molar-refractivity contribution in [3.63, 3.8) is 0 Å². The fourth-order valence-electron chi connectivity index (χ4n) is 2.92. The highest BCUT2D eigenvalue weighted by Gasteiger charge is 2.38. The van der Waals surface area contributed by atoms with E-state index in [1.54, 1.807) is 0 Å². The molecular weight excluding hydrogens is 164 g/mol. The molecule has 3 nitrogen and oxygen atoms in total. The molecule has 0 aromatic heterocycles. The minimum Gasteiger partial charge on any atom is -0.377 e. The van der Waals surface area contributed by atoms with Crippen molar-refractivity contribution in [1.29, 1.82) is 0 Å². The quantitative estimate of drug-likeness (QED) is 0.661. The van der Waals surface area contributed by atoms with Crippen LogP contribution in [0.3, 0.4) is 0 Å². The number of nitrogens with one attached hydrogen (secondary N) is 1. The van der Waals surface area contributed by atoms with Crippen LogP contribution in [-0.4, -0.2) is 49.3 Å². The first-order valence-electron chi connectivity index (χ1n) is 5.51. The van der Waals surface area contributed by atoms with Crippen LogP contribution in [0.1, 0.15) is 19.3 Å². The average molecular weight is 182 g/mol. The van der Waals surface area contributed by atoms with Crippen LogP contribution in [0.15, 0.2) is 0 Å². The third-order valence-electron chi connectivity index (χ3n) is 3.63. The van der Waals surface area contributed by atoms with E-state index in [2.05, 4.69) is 10.2 Å². The van der Waals surface area contributed by atoms with Gasteiger partial charge in [0.15, 0.2) is 0 Å². The van der Waals surface area contributed by atoms with Crippen molar-refractivity contribution in [2.24, 2.45) is 0 Å². The van der Waals surface area contributed by atoms with Gasteiger partial charge in [-0.05, 0) is 19.3 Å². The SMILES string of the molecule is C1COC(CN2CC3CC2CN3)C1. The lowest BCUT2D eigenvalue weighted by Gasteiger charge is -2.29. The van der Waals surface area contributed by atoms with Crippen LogP contribution in [0.2, 0.25) is 0 Å².